The number of rotatable bonds is 6. The molecule has 0 heterocycles. The fourth-order valence-electron chi connectivity index (χ4n) is 2.37. The summed E-state index contributed by atoms with van der Waals surface area (Å²) in [6.07, 6.45) is 3.45. The van der Waals surface area contributed by atoms with Crippen LogP contribution in [-0.2, 0) is 15.3 Å². The van der Waals surface area contributed by atoms with E-state index < -0.39 is 9.84 Å². The van der Waals surface area contributed by atoms with Gasteiger partial charge in [-0.05, 0) is 30.5 Å². The zero-order valence-corrected chi connectivity index (χ0v) is 14.5. The molecule has 0 aliphatic heterocycles. The highest BCUT2D eigenvalue weighted by Gasteiger charge is 2.44. The highest BCUT2D eigenvalue weighted by Crippen LogP contribution is 2.48. The minimum absolute atomic E-state index is 0.0904. The molecule has 0 radical (unpaired) electrons. The minimum atomic E-state index is -2.97. The van der Waals surface area contributed by atoms with Gasteiger partial charge >= 0.3 is 0 Å². The first-order chi connectivity index (χ1) is 10.3. The van der Waals surface area contributed by atoms with E-state index in [9.17, 15) is 8.42 Å². The average Bonchev–Trinajstić information content (AvgIpc) is 3.22. The van der Waals surface area contributed by atoms with Gasteiger partial charge in [0.2, 0.25) is 0 Å². The lowest BCUT2D eigenvalue weighted by Crippen LogP contribution is -2.42. The molecule has 1 saturated carbocycles. The van der Waals surface area contributed by atoms with Gasteiger partial charge in [-0.15, -0.1) is 0 Å². The summed E-state index contributed by atoms with van der Waals surface area (Å²) in [7, 11) is -1.29. The summed E-state index contributed by atoms with van der Waals surface area (Å²) < 4.78 is 22.3. The van der Waals surface area contributed by atoms with Crippen molar-refractivity contribution >= 4 is 27.4 Å². The fourth-order valence-corrected chi connectivity index (χ4v) is 3.03. The van der Waals surface area contributed by atoms with E-state index in [2.05, 4.69) is 21.7 Å². The maximum Gasteiger partial charge on any atom is 0.191 e. The van der Waals surface area contributed by atoms with Crippen LogP contribution < -0.4 is 10.6 Å². The van der Waals surface area contributed by atoms with Gasteiger partial charge in [0.1, 0.15) is 9.84 Å². The Kier molecular flexibility index (Phi) is 5.34. The van der Waals surface area contributed by atoms with Gasteiger partial charge in [-0.25, -0.2) is 8.42 Å². The van der Waals surface area contributed by atoms with Gasteiger partial charge in [-0.2, -0.15) is 0 Å². The molecule has 5 nitrogen and oxygen atoms in total. The molecule has 0 spiro atoms. The molecule has 0 bridgehead atoms. The van der Waals surface area contributed by atoms with Crippen LogP contribution in [-0.4, -0.2) is 46.5 Å². The highest BCUT2D eigenvalue weighted by atomic mass is 35.5. The smallest absolute Gasteiger partial charge is 0.191 e. The number of benzene rings is 1. The molecule has 1 fully saturated rings. The molecule has 1 aromatic rings. The van der Waals surface area contributed by atoms with Gasteiger partial charge in [0.25, 0.3) is 0 Å². The van der Waals surface area contributed by atoms with Crippen molar-refractivity contribution in [2.75, 3.05) is 32.1 Å². The van der Waals surface area contributed by atoms with Gasteiger partial charge in [0.15, 0.2) is 5.96 Å². The van der Waals surface area contributed by atoms with Crippen molar-refractivity contribution in [2.24, 2.45) is 4.99 Å². The number of hydrogen-bond acceptors (Lipinski definition) is 3. The summed E-state index contributed by atoms with van der Waals surface area (Å²) >= 11 is 6.07. The summed E-state index contributed by atoms with van der Waals surface area (Å²) in [5.74, 6) is 0.713. The number of sulfone groups is 1. The van der Waals surface area contributed by atoms with E-state index in [0.717, 1.165) is 24.4 Å². The Balaban J connectivity index is 1.88. The summed E-state index contributed by atoms with van der Waals surface area (Å²) in [4.78, 5) is 4.12. The second kappa shape index (κ2) is 6.87. The third-order valence-electron chi connectivity index (χ3n) is 3.87. The van der Waals surface area contributed by atoms with Crippen molar-refractivity contribution in [1.82, 2.24) is 10.6 Å². The lowest BCUT2D eigenvalue weighted by molar-refractivity contribution is 0.599. The first-order valence-corrected chi connectivity index (χ1v) is 9.67. The molecule has 7 heteroatoms. The largest absolute Gasteiger partial charge is 0.356 e. The zero-order chi connectivity index (χ0) is 16.2. The van der Waals surface area contributed by atoms with Crippen molar-refractivity contribution in [3.63, 3.8) is 0 Å². The van der Waals surface area contributed by atoms with Crippen LogP contribution in [0.15, 0.2) is 29.3 Å². The van der Waals surface area contributed by atoms with Crippen molar-refractivity contribution in [3.8, 4) is 0 Å². The predicted molar refractivity (Wildman–Crippen MR) is 91.4 cm³/mol. The normalized spacial score (nSPS) is 17.1. The summed E-state index contributed by atoms with van der Waals surface area (Å²) in [6, 6.07) is 7.95. The van der Waals surface area contributed by atoms with E-state index in [-0.39, 0.29) is 11.2 Å². The molecule has 122 valence electrons. The van der Waals surface area contributed by atoms with Crippen LogP contribution in [0.3, 0.4) is 0 Å². The Morgan fingerprint density at radius 3 is 2.64 bits per heavy atom. The van der Waals surface area contributed by atoms with E-state index in [0.29, 0.717) is 12.5 Å². The zero-order valence-electron chi connectivity index (χ0n) is 12.9. The molecule has 0 unspecified atom stereocenters. The molecule has 1 aliphatic carbocycles. The maximum atomic E-state index is 11.1. The van der Waals surface area contributed by atoms with Gasteiger partial charge in [-0.3, -0.25) is 4.99 Å². The Labute approximate surface area is 137 Å². The molecule has 2 N–H and O–H groups in total. The number of guanidine groups is 1. The third kappa shape index (κ3) is 4.88. The predicted octanol–water partition coefficient (Wildman–Crippen LogP) is 1.58. The fraction of sp³-hybridized carbons (Fsp3) is 0.533. The molecule has 1 aromatic carbocycles. The van der Waals surface area contributed by atoms with Crippen molar-refractivity contribution in [2.45, 2.75) is 18.3 Å². The third-order valence-corrected chi connectivity index (χ3v) is 5.05. The SMILES string of the molecule is CN=C(NCCS(C)(=O)=O)NCC1(c2cccc(Cl)c2)CC1. The Morgan fingerprint density at radius 2 is 2.09 bits per heavy atom. The molecule has 1 aliphatic rings. The monoisotopic (exact) mass is 343 g/mol. The van der Waals surface area contributed by atoms with E-state index in [1.165, 1.54) is 11.8 Å². The van der Waals surface area contributed by atoms with E-state index in [1.54, 1.807) is 7.05 Å². The van der Waals surface area contributed by atoms with Crippen LogP contribution in [0.25, 0.3) is 0 Å². The molecule has 2 rings (SSSR count). The van der Waals surface area contributed by atoms with Crippen molar-refractivity contribution < 1.29 is 8.42 Å². The first-order valence-electron chi connectivity index (χ1n) is 7.23. The van der Waals surface area contributed by atoms with Gasteiger partial charge in [-0.1, -0.05) is 23.7 Å². The summed E-state index contributed by atoms with van der Waals surface area (Å²) in [6.45, 7) is 1.11. The molecule has 0 amide bonds. The first kappa shape index (κ1) is 17.1. The van der Waals surface area contributed by atoms with Gasteiger partial charge < -0.3 is 10.6 Å². The molecule has 0 aromatic heterocycles. The Hall–Kier alpha value is -1.27. The topological polar surface area (TPSA) is 70.6 Å². The van der Waals surface area contributed by atoms with Gasteiger partial charge in [0, 0.05) is 36.8 Å². The Morgan fingerprint density at radius 1 is 1.36 bits per heavy atom. The number of halogens is 1. The molecule has 0 atom stereocenters. The average molecular weight is 344 g/mol. The van der Waals surface area contributed by atoms with E-state index >= 15 is 0 Å². The summed E-state index contributed by atoms with van der Waals surface area (Å²) in [5.41, 5.74) is 1.35. The van der Waals surface area contributed by atoms with Crippen molar-refractivity contribution in [3.05, 3.63) is 34.9 Å². The molecule has 22 heavy (non-hydrogen) atoms. The number of nitrogens with one attached hydrogen (secondary N) is 2. The minimum Gasteiger partial charge on any atom is -0.356 e. The van der Waals surface area contributed by atoms with Crippen LogP contribution in [0.5, 0.6) is 0 Å². The second-order valence-corrected chi connectivity index (χ2v) is 8.47. The Bertz CT molecular complexity index is 655. The lowest BCUT2D eigenvalue weighted by Gasteiger charge is -2.19. The van der Waals surface area contributed by atoms with Crippen LogP contribution in [0.4, 0.5) is 0 Å². The van der Waals surface area contributed by atoms with E-state index in [4.69, 9.17) is 11.6 Å². The molecular weight excluding hydrogens is 322 g/mol. The van der Waals surface area contributed by atoms with Crippen molar-refractivity contribution in [1.29, 1.82) is 0 Å². The number of aliphatic imine (C=N–C) groups is 1. The van der Waals surface area contributed by atoms with E-state index in [1.807, 2.05) is 18.2 Å². The highest BCUT2D eigenvalue weighted by molar-refractivity contribution is 7.90. The number of nitrogens with zero attached hydrogens (tertiary/aromatic N) is 1. The van der Waals surface area contributed by atoms with Crippen LogP contribution in [0, 0.1) is 0 Å². The van der Waals surface area contributed by atoms with Gasteiger partial charge in [0.05, 0.1) is 5.75 Å². The standard InChI is InChI=1S/C15H22ClN3O2S/c1-17-14(18-8-9-22(2,20)21)19-11-15(6-7-15)12-4-3-5-13(16)10-12/h3-5,10H,6-9,11H2,1-2H3,(H2,17,18,19). The maximum absolute atomic E-state index is 11.1. The van der Waals surface area contributed by atoms with Crippen LogP contribution in [0.2, 0.25) is 5.02 Å². The molecular formula is C15H22ClN3O2S. The van der Waals surface area contributed by atoms with Crippen LogP contribution >= 0.6 is 11.6 Å². The van der Waals surface area contributed by atoms with Crippen LogP contribution in [0.1, 0.15) is 18.4 Å². The molecule has 0 saturated heterocycles. The lowest BCUT2D eigenvalue weighted by atomic mass is 9.96. The number of hydrogen-bond donors (Lipinski definition) is 2. The summed E-state index contributed by atoms with van der Waals surface area (Å²) in [5, 5.41) is 7.05. The second-order valence-electron chi connectivity index (χ2n) is 5.77. The quantitative estimate of drug-likeness (QED) is 0.607.